The van der Waals surface area contributed by atoms with Gasteiger partial charge in [-0.2, -0.15) is 0 Å². The molecule has 1 saturated heterocycles. The second kappa shape index (κ2) is 7.33. The molecule has 0 spiro atoms. The predicted molar refractivity (Wildman–Crippen MR) is 97.3 cm³/mol. The van der Waals surface area contributed by atoms with Gasteiger partial charge in [0.2, 0.25) is 10.0 Å². The predicted octanol–water partition coefficient (Wildman–Crippen LogP) is 2.77. The maximum atomic E-state index is 12.9. The summed E-state index contributed by atoms with van der Waals surface area (Å²) in [4.78, 5) is 12.2. The van der Waals surface area contributed by atoms with E-state index in [0.717, 1.165) is 0 Å². The Morgan fingerprint density at radius 3 is 2.38 bits per heavy atom. The van der Waals surface area contributed by atoms with Gasteiger partial charge in [-0.1, -0.05) is 0 Å². The van der Waals surface area contributed by atoms with Crippen molar-refractivity contribution in [2.75, 3.05) is 21.9 Å². The molecule has 3 rings (SSSR count). The van der Waals surface area contributed by atoms with Gasteiger partial charge < -0.3 is 10.1 Å². The Bertz CT molecular complexity index is 882. The maximum Gasteiger partial charge on any atom is 0.265 e. The summed E-state index contributed by atoms with van der Waals surface area (Å²) in [5.41, 5.74) is 1.11. The summed E-state index contributed by atoms with van der Waals surface area (Å²) >= 11 is 0. The molecular formula is C18H19FN2O4S. The molecule has 1 heterocycles. The van der Waals surface area contributed by atoms with Crippen LogP contribution in [0.5, 0.6) is 5.75 Å². The Hall–Kier alpha value is -2.61. The van der Waals surface area contributed by atoms with Crippen molar-refractivity contribution in [2.45, 2.75) is 19.4 Å². The first-order chi connectivity index (χ1) is 12.3. The third-order valence-corrected chi connectivity index (χ3v) is 5.89. The van der Waals surface area contributed by atoms with E-state index >= 15 is 0 Å². The number of carbonyl (C=O) groups is 1. The lowest BCUT2D eigenvalue weighted by atomic mass is 10.2. The van der Waals surface area contributed by atoms with Crippen molar-refractivity contribution in [1.29, 1.82) is 0 Å². The summed E-state index contributed by atoms with van der Waals surface area (Å²) < 4.78 is 43.6. The van der Waals surface area contributed by atoms with E-state index in [9.17, 15) is 17.6 Å². The summed E-state index contributed by atoms with van der Waals surface area (Å²) in [5, 5.41) is 2.71. The number of anilines is 2. The monoisotopic (exact) mass is 378 g/mol. The van der Waals surface area contributed by atoms with Crippen molar-refractivity contribution in [3.63, 3.8) is 0 Å². The second-order valence-electron chi connectivity index (χ2n) is 5.99. The van der Waals surface area contributed by atoms with E-state index in [1.165, 1.54) is 28.6 Å². The number of carbonyl (C=O) groups excluding carboxylic acids is 1. The fourth-order valence-electron chi connectivity index (χ4n) is 2.66. The van der Waals surface area contributed by atoms with Crippen molar-refractivity contribution < 1.29 is 22.3 Å². The fraction of sp³-hybridized carbons (Fsp3) is 0.278. The number of halogens is 1. The highest BCUT2D eigenvalue weighted by atomic mass is 32.2. The molecule has 1 fully saturated rings. The fourth-order valence-corrected chi connectivity index (χ4v) is 4.22. The van der Waals surface area contributed by atoms with Gasteiger partial charge in [-0.25, -0.2) is 12.8 Å². The van der Waals surface area contributed by atoms with E-state index in [1.54, 1.807) is 31.2 Å². The van der Waals surface area contributed by atoms with Gasteiger partial charge in [0, 0.05) is 12.2 Å². The maximum absolute atomic E-state index is 12.9. The summed E-state index contributed by atoms with van der Waals surface area (Å²) in [6, 6.07) is 12.0. The van der Waals surface area contributed by atoms with Crippen LogP contribution in [0.4, 0.5) is 15.8 Å². The quantitative estimate of drug-likeness (QED) is 0.868. The average molecular weight is 378 g/mol. The van der Waals surface area contributed by atoms with Gasteiger partial charge in [0.1, 0.15) is 11.6 Å². The number of nitrogens with one attached hydrogen (secondary N) is 1. The van der Waals surface area contributed by atoms with Crippen LogP contribution in [0.25, 0.3) is 0 Å². The topological polar surface area (TPSA) is 75.7 Å². The lowest BCUT2D eigenvalue weighted by Gasteiger charge is -2.18. The zero-order valence-corrected chi connectivity index (χ0v) is 15.0. The minimum Gasteiger partial charge on any atom is -0.481 e. The molecule has 26 heavy (non-hydrogen) atoms. The number of hydrogen-bond acceptors (Lipinski definition) is 4. The Balaban J connectivity index is 1.61. The molecule has 0 radical (unpaired) electrons. The molecule has 0 aromatic heterocycles. The van der Waals surface area contributed by atoms with Crippen LogP contribution in [0.2, 0.25) is 0 Å². The highest BCUT2D eigenvalue weighted by Gasteiger charge is 2.28. The molecule has 0 bridgehead atoms. The minimum atomic E-state index is -3.23. The third-order valence-electron chi connectivity index (χ3n) is 4.02. The Labute approximate surface area is 151 Å². The van der Waals surface area contributed by atoms with Crippen LogP contribution >= 0.6 is 0 Å². The van der Waals surface area contributed by atoms with Gasteiger partial charge in [0.05, 0.1) is 11.4 Å². The molecule has 8 heteroatoms. The van der Waals surface area contributed by atoms with Gasteiger partial charge in [-0.3, -0.25) is 9.10 Å². The zero-order chi connectivity index (χ0) is 18.7. The normalized spacial score (nSPS) is 16.9. The number of amides is 1. The van der Waals surface area contributed by atoms with Crippen molar-refractivity contribution in [3.05, 3.63) is 54.3 Å². The van der Waals surface area contributed by atoms with Crippen LogP contribution in [0.3, 0.4) is 0 Å². The second-order valence-corrected chi connectivity index (χ2v) is 8.00. The largest absolute Gasteiger partial charge is 0.481 e. The van der Waals surface area contributed by atoms with Crippen molar-refractivity contribution in [2.24, 2.45) is 0 Å². The SMILES string of the molecule is C[C@@H](Oc1ccc(F)cc1)C(=O)Nc1ccc(N2CCCS2(=O)=O)cc1. The number of hydrogen-bond donors (Lipinski definition) is 1. The molecule has 2 aromatic carbocycles. The molecule has 1 aliphatic heterocycles. The molecule has 1 N–H and O–H groups in total. The highest BCUT2D eigenvalue weighted by molar-refractivity contribution is 7.93. The zero-order valence-electron chi connectivity index (χ0n) is 14.2. The highest BCUT2D eigenvalue weighted by Crippen LogP contribution is 2.25. The van der Waals surface area contributed by atoms with Crippen molar-refractivity contribution in [1.82, 2.24) is 0 Å². The Kier molecular flexibility index (Phi) is 5.13. The van der Waals surface area contributed by atoms with Gasteiger partial charge in [0.15, 0.2) is 6.10 Å². The standard InChI is InChI=1S/C18H19FN2O4S/c1-13(25-17-9-3-14(19)4-10-17)18(22)20-15-5-7-16(8-6-15)21-11-2-12-26(21,23)24/h3-10,13H,2,11-12H2,1H3,(H,20,22)/t13-/m1/s1. The van der Waals surface area contributed by atoms with E-state index in [1.807, 2.05) is 0 Å². The number of sulfonamides is 1. The first-order valence-corrected chi connectivity index (χ1v) is 9.80. The molecule has 0 unspecified atom stereocenters. The Morgan fingerprint density at radius 2 is 1.81 bits per heavy atom. The molecule has 0 aliphatic carbocycles. The first kappa shape index (κ1) is 18.2. The molecule has 0 saturated carbocycles. The van der Waals surface area contributed by atoms with Crippen LogP contribution in [-0.2, 0) is 14.8 Å². The minimum absolute atomic E-state index is 0.156. The summed E-state index contributed by atoms with van der Waals surface area (Å²) in [7, 11) is -3.23. The van der Waals surface area contributed by atoms with Crippen LogP contribution in [-0.4, -0.2) is 32.7 Å². The molecular weight excluding hydrogens is 359 g/mol. The molecule has 6 nitrogen and oxygen atoms in total. The van der Waals surface area contributed by atoms with Crippen molar-refractivity contribution >= 4 is 27.3 Å². The molecule has 1 amide bonds. The van der Waals surface area contributed by atoms with Gasteiger partial charge in [-0.15, -0.1) is 0 Å². The number of ether oxygens (including phenoxy) is 1. The van der Waals surface area contributed by atoms with E-state index in [-0.39, 0.29) is 17.5 Å². The number of benzene rings is 2. The van der Waals surface area contributed by atoms with Crippen LogP contribution in [0.1, 0.15) is 13.3 Å². The summed E-state index contributed by atoms with van der Waals surface area (Å²) in [6.45, 7) is 2.06. The molecule has 2 aromatic rings. The summed E-state index contributed by atoms with van der Waals surface area (Å²) in [6.07, 6.45) is -0.168. The average Bonchev–Trinajstić information content (AvgIpc) is 2.97. The lowest BCUT2D eigenvalue weighted by molar-refractivity contribution is -0.122. The van der Waals surface area contributed by atoms with E-state index < -0.39 is 16.1 Å². The number of nitrogens with zero attached hydrogens (tertiary/aromatic N) is 1. The molecule has 1 aliphatic rings. The van der Waals surface area contributed by atoms with Gasteiger partial charge in [0.25, 0.3) is 5.91 Å². The number of rotatable bonds is 5. The first-order valence-electron chi connectivity index (χ1n) is 8.19. The van der Waals surface area contributed by atoms with E-state index in [4.69, 9.17) is 4.74 Å². The molecule has 1 atom stereocenters. The van der Waals surface area contributed by atoms with Crippen LogP contribution in [0, 0.1) is 5.82 Å². The van der Waals surface area contributed by atoms with Crippen LogP contribution in [0.15, 0.2) is 48.5 Å². The third kappa shape index (κ3) is 4.13. The van der Waals surface area contributed by atoms with Crippen LogP contribution < -0.4 is 14.4 Å². The van der Waals surface area contributed by atoms with Gasteiger partial charge in [-0.05, 0) is 61.9 Å². The van der Waals surface area contributed by atoms with E-state index in [0.29, 0.717) is 30.1 Å². The summed E-state index contributed by atoms with van der Waals surface area (Å²) in [5.74, 6) is -0.196. The smallest absolute Gasteiger partial charge is 0.265 e. The lowest BCUT2D eigenvalue weighted by Crippen LogP contribution is -2.30. The molecule has 138 valence electrons. The van der Waals surface area contributed by atoms with E-state index in [2.05, 4.69) is 5.32 Å². The van der Waals surface area contributed by atoms with Gasteiger partial charge >= 0.3 is 0 Å². The Morgan fingerprint density at radius 1 is 1.15 bits per heavy atom. The van der Waals surface area contributed by atoms with Crippen molar-refractivity contribution in [3.8, 4) is 5.75 Å².